The highest BCUT2D eigenvalue weighted by molar-refractivity contribution is 5.95. The Labute approximate surface area is 396 Å². The zero-order chi connectivity index (χ0) is 49.4. The Kier molecular flexibility index (Phi) is 23.6. The maximum Gasteiger partial charge on any atom is 0.333 e. The van der Waals surface area contributed by atoms with E-state index in [1.807, 2.05) is 12.1 Å². The van der Waals surface area contributed by atoms with E-state index in [1.165, 1.54) is 76.0 Å². The van der Waals surface area contributed by atoms with Crippen LogP contribution in [0.4, 0.5) is 0 Å². The van der Waals surface area contributed by atoms with Crippen molar-refractivity contribution in [3.63, 3.8) is 0 Å². The maximum atomic E-state index is 13.0. The van der Waals surface area contributed by atoms with Crippen molar-refractivity contribution >= 4 is 35.8 Å². The van der Waals surface area contributed by atoms with Gasteiger partial charge in [0.1, 0.15) is 37.6 Å². The molecule has 2 atom stereocenters. The number of hydrogen-bond donors (Lipinski definition) is 0. The molecule has 3 rings (SSSR count). The molecule has 364 valence electrons. The summed E-state index contributed by atoms with van der Waals surface area (Å²) in [4.78, 5) is 75.4. The van der Waals surface area contributed by atoms with Crippen molar-refractivity contribution in [2.45, 2.75) is 105 Å². The number of hydrogen-bond acceptors (Lipinski definition) is 13. The van der Waals surface area contributed by atoms with Gasteiger partial charge in [0.05, 0.1) is 20.8 Å². The molecule has 0 fully saturated rings. The lowest BCUT2D eigenvalue weighted by atomic mass is 9.91. The summed E-state index contributed by atoms with van der Waals surface area (Å²) >= 11 is 0. The average molecular weight is 927 g/mol. The van der Waals surface area contributed by atoms with E-state index in [0.717, 1.165) is 50.2 Å². The monoisotopic (exact) mass is 926 g/mol. The third-order valence-electron chi connectivity index (χ3n) is 11.3. The Morgan fingerprint density at radius 2 is 0.985 bits per heavy atom. The third-order valence-corrected chi connectivity index (χ3v) is 11.3. The summed E-state index contributed by atoms with van der Waals surface area (Å²) < 4.78 is 37.9. The van der Waals surface area contributed by atoms with E-state index in [9.17, 15) is 28.8 Å². The third kappa shape index (κ3) is 18.9. The second-order valence-electron chi connectivity index (χ2n) is 17.2. The number of unbranched alkanes of at least 4 members (excludes halogenated alkanes) is 5. The molecular formula is C54H70O13. The first-order valence-electron chi connectivity index (χ1n) is 23.1. The normalized spacial score (nSPS) is 12.6. The quantitative estimate of drug-likeness (QED) is 0.0204. The molecule has 2 unspecified atom stereocenters. The molecular weight excluding hydrogens is 857 g/mol. The van der Waals surface area contributed by atoms with Gasteiger partial charge in [-0.25, -0.2) is 9.59 Å². The number of methoxy groups -OCH3 is 2. The molecule has 13 nitrogen and oxygen atoms in total. The standard InChI is InChI=1S/C54H70O13/c1-10-11-12-13-14-15-17-41-19-21-42(22-20-41)23-24-43-25-27-44(28-26-43)45-29-30-47(46(32-45)18-16-31-63-48(55)37(2)3)64-33-54(34-65-49(56)38(4)5,35-66-52(59)39(6)50(57)61-8)36-67-53(60)40(7)51(58)62-9/h19-22,25-30,32,39-40H,2,4,10-18,23-24,31,33-36H2,1,3,5-9H3. The minimum absolute atomic E-state index is 0.0735. The van der Waals surface area contributed by atoms with Crippen LogP contribution in [0, 0.1) is 17.3 Å². The van der Waals surface area contributed by atoms with E-state index in [-0.39, 0.29) is 24.4 Å². The molecule has 0 spiro atoms. The Bertz CT molecular complexity index is 2080. The van der Waals surface area contributed by atoms with Crippen molar-refractivity contribution in [3.05, 3.63) is 113 Å². The van der Waals surface area contributed by atoms with Crippen molar-refractivity contribution in [1.82, 2.24) is 0 Å². The fourth-order valence-corrected chi connectivity index (χ4v) is 6.85. The SMILES string of the molecule is C=C(C)C(=O)OCCCc1cc(-c2ccc(CCc3ccc(CCCCCCCC)cc3)cc2)ccc1OCC(COC(=O)C(=C)C)(COC(=O)C(C)C(=O)OC)COC(=O)C(C)C(=O)OC. The lowest BCUT2D eigenvalue weighted by molar-refractivity contribution is -0.170. The highest BCUT2D eigenvalue weighted by atomic mass is 16.6. The fourth-order valence-electron chi connectivity index (χ4n) is 6.85. The van der Waals surface area contributed by atoms with Crippen molar-refractivity contribution < 1.29 is 61.9 Å². The number of ether oxygens (including phenoxy) is 7. The Morgan fingerprint density at radius 1 is 0.522 bits per heavy atom. The summed E-state index contributed by atoms with van der Waals surface area (Å²) in [5.74, 6) is -7.11. The van der Waals surface area contributed by atoms with E-state index < -0.39 is 72.9 Å². The number of rotatable bonds is 30. The van der Waals surface area contributed by atoms with E-state index >= 15 is 0 Å². The van der Waals surface area contributed by atoms with Gasteiger partial charge in [-0.1, -0.05) is 107 Å². The number of carbonyl (C=O) groups is 6. The smallest absolute Gasteiger partial charge is 0.333 e. The first-order valence-corrected chi connectivity index (χ1v) is 23.1. The van der Waals surface area contributed by atoms with Crippen LogP contribution in [0.2, 0.25) is 0 Å². The van der Waals surface area contributed by atoms with E-state index in [2.05, 4.69) is 68.6 Å². The zero-order valence-corrected chi connectivity index (χ0v) is 40.5. The number of carbonyl (C=O) groups excluding carboxylic acids is 6. The predicted molar refractivity (Wildman–Crippen MR) is 255 cm³/mol. The summed E-state index contributed by atoms with van der Waals surface area (Å²) in [6, 6.07) is 23.0. The summed E-state index contributed by atoms with van der Waals surface area (Å²) in [5.41, 5.74) is 5.24. The van der Waals surface area contributed by atoms with Crippen LogP contribution in [0.15, 0.2) is 91.0 Å². The van der Waals surface area contributed by atoms with E-state index in [0.29, 0.717) is 18.6 Å². The molecule has 0 aliphatic carbocycles. The first kappa shape index (κ1) is 55.1. The van der Waals surface area contributed by atoms with Crippen molar-refractivity contribution in [1.29, 1.82) is 0 Å². The summed E-state index contributed by atoms with van der Waals surface area (Å²) in [6.45, 7) is 13.3. The van der Waals surface area contributed by atoms with Gasteiger partial charge in [0.2, 0.25) is 0 Å². The summed E-state index contributed by atoms with van der Waals surface area (Å²) in [5, 5.41) is 0. The second-order valence-corrected chi connectivity index (χ2v) is 17.2. The predicted octanol–water partition coefficient (Wildman–Crippen LogP) is 9.28. The van der Waals surface area contributed by atoms with Crippen molar-refractivity contribution in [3.8, 4) is 16.9 Å². The minimum atomic E-state index is -1.58. The Balaban J connectivity index is 1.90. The zero-order valence-electron chi connectivity index (χ0n) is 40.5. The number of benzene rings is 3. The van der Waals surface area contributed by atoms with Crippen LogP contribution in [-0.4, -0.2) is 83.1 Å². The Morgan fingerprint density at radius 3 is 1.51 bits per heavy atom. The lowest BCUT2D eigenvalue weighted by Crippen LogP contribution is -2.45. The summed E-state index contributed by atoms with van der Waals surface area (Å²) in [7, 11) is 2.26. The minimum Gasteiger partial charge on any atom is -0.492 e. The maximum absolute atomic E-state index is 13.0. The largest absolute Gasteiger partial charge is 0.492 e. The molecule has 13 heteroatoms. The van der Waals surface area contributed by atoms with Crippen molar-refractivity contribution in [2.24, 2.45) is 17.3 Å². The topological polar surface area (TPSA) is 167 Å². The summed E-state index contributed by atoms with van der Waals surface area (Å²) in [6.07, 6.45) is 11.5. The molecule has 0 radical (unpaired) electrons. The lowest BCUT2D eigenvalue weighted by Gasteiger charge is -2.33. The Hall–Kier alpha value is -6.24. The highest BCUT2D eigenvalue weighted by Gasteiger charge is 2.40. The van der Waals surface area contributed by atoms with Crippen LogP contribution in [-0.2, 0) is 82.9 Å². The molecule has 0 saturated heterocycles. The highest BCUT2D eigenvalue weighted by Crippen LogP contribution is 2.31. The molecule has 0 bridgehead atoms. The van der Waals surface area contributed by atoms with Crippen LogP contribution >= 0.6 is 0 Å². The van der Waals surface area contributed by atoms with Gasteiger partial charge in [0, 0.05) is 11.1 Å². The molecule has 0 aromatic heterocycles. The molecule has 67 heavy (non-hydrogen) atoms. The molecule has 0 saturated carbocycles. The van der Waals surface area contributed by atoms with Crippen LogP contribution in [0.3, 0.4) is 0 Å². The molecule has 0 N–H and O–H groups in total. The second kappa shape index (κ2) is 28.7. The first-order chi connectivity index (χ1) is 32.0. The van der Waals surface area contributed by atoms with Gasteiger partial charge < -0.3 is 33.2 Å². The van der Waals surface area contributed by atoms with Gasteiger partial charge in [0.15, 0.2) is 11.8 Å². The van der Waals surface area contributed by atoms with Crippen LogP contribution in [0.25, 0.3) is 11.1 Å². The number of esters is 6. The van der Waals surface area contributed by atoms with Gasteiger partial charge in [-0.3, -0.25) is 19.2 Å². The molecule has 3 aromatic rings. The van der Waals surface area contributed by atoms with Gasteiger partial charge in [-0.05, 0) is 112 Å². The fraction of sp³-hybridized carbons (Fsp3) is 0.481. The van der Waals surface area contributed by atoms with Gasteiger partial charge in [-0.2, -0.15) is 0 Å². The van der Waals surface area contributed by atoms with Gasteiger partial charge in [-0.15, -0.1) is 0 Å². The van der Waals surface area contributed by atoms with Gasteiger partial charge in [0.25, 0.3) is 0 Å². The molecule has 0 amide bonds. The van der Waals surface area contributed by atoms with Crippen LogP contribution in [0.5, 0.6) is 5.75 Å². The van der Waals surface area contributed by atoms with Gasteiger partial charge >= 0.3 is 35.8 Å². The molecule has 3 aromatic carbocycles. The average Bonchev–Trinajstić information content (AvgIpc) is 3.34. The van der Waals surface area contributed by atoms with E-state index in [4.69, 9.17) is 33.2 Å². The molecule has 0 aliphatic rings. The number of aryl methyl sites for hydroxylation is 4. The molecule has 0 aliphatic heterocycles. The van der Waals surface area contributed by atoms with Crippen LogP contribution < -0.4 is 4.74 Å². The van der Waals surface area contributed by atoms with Crippen LogP contribution in [0.1, 0.15) is 102 Å². The van der Waals surface area contributed by atoms with Crippen molar-refractivity contribution in [2.75, 3.05) is 47.3 Å². The molecule has 0 heterocycles. The van der Waals surface area contributed by atoms with E-state index in [1.54, 1.807) is 13.0 Å².